The number of rotatable bonds is 9. The Kier molecular flexibility index (Phi) is 8.20. The fraction of sp³-hybridized carbons (Fsp3) is 0.917. The molecule has 19 heavy (non-hydrogen) atoms. The molecule has 0 aliphatic heterocycles. The van der Waals surface area contributed by atoms with E-state index in [0.29, 0.717) is 13.0 Å². The van der Waals surface area contributed by atoms with Crippen molar-refractivity contribution < 1.29 is 13.2 Å². The van der Waals surface area contributed by atoms with Gasteiger partial charge in [0.05, 0.1) is 12.8 Å². The summed E-state index contributed by atoms with van der Waals surface area (Å²) in [5, 5.41) is 2.75. The number of nitrogens with one attached hydrogen (secondary N) is 1. The molecule has 0 aliphatic rings. The van der Waals surface area contributed by atoms with Crippen molar-refractivity contribution >= 4 is 15.9 Å². The van der Waals surface area contributed by atoms with Crippen LogP contribution in [0.4, 0.5) is 0 Å². The average molecular weight is 293 g/mol. The number of sulfonamides is 1. The van der Waals surface area contributed by atoms with Gasteiger partial charge in [-0.1, -0.05) is 6.92 Å². The normalized spacial score (nSPS) is 13.8. The Bertz CT molecular complexity index is 368. The molecule has 0 aromatic rings. The molecular formula is C12H27N3O3S. The van der Waals surface area contributed by atoms with E-state index in [1.165, 1.54) is 4.31 Å². The van der Waals surface area contributed by atoms with Gasteiger partial charge in [-0.3, -0.25) is 4.79 Å². The van der Waals surface area contributed by atoms with Gasteiger partial charge in [0, 0.05) is 12.6 Å². The molecule has 0 aromatic heterocycles. The average Bonchev–Trinajstić information content (AvgIpc) is 2.29. The van der Waals surface area contributed by atoms with Crippen LogP contribution in [-0.4, -0.2) is 69.6 Å². The third-order valence-electron chi connectivity index (χ3n) is 2.91. The van der Waals surface area contributed by atoms with Crippen LogP contribution in [0, 0.1) is 0 Å². The van der Waals surface area contributed by atoms with Gasteiger partial charge >= 0.3 is 0 Å². The predicted octanol–water partition coefficient (Wildman–Crippen LogP) is 0.114. The second kappa shape index (κ2) is 8.50. The molecule has 0 spiro atoms. The molecular weight excluding hydrogens is 266 g/mol. The van der Waals surface area contributed by atoms with E-state index in [4.69, 9.17) is 0 Å². The Balaban J connectivity index is 4.26. The van der Waals surface area contributed by atoms with Crippen molar-refractivity contribution in [2.75, 3.05) is 40.0 Å². The van der Waals surface area contributed by atoms with E-state index < -0.39 is 10.0 Å². The van der Waals surface area contributed by atoms with Crippen molar-refractivity contribution in [3.63, 3.8) is 0 Å². The minimum Gasteiger partial charge on any atom is -0.355 e. The van der Waals surface area contributed by atoms with E-state index in [1.807, 2.05) is 25.9 Å². The van der Waals surface area contributed by atoms with Crippen LogP contribution in [0.1, 0.15) is 26.7 Å². The topological polar surface area (TPSA) is 69.7 Å². The second-order valence-corrected chi connectivity index (χ2v) is 7.01. The first-order valence-electron chi connectivity index (χ1n) is 6.56. The first-order chi connectivity index (χ1) is 8.68. The predicted molar refractivity (Wildman–Crippen MR) is 77.5 cm³/mol. The SMILES string of the molecule is CCC(C)N(CC(=O)NCCCN(C)C)S(C)(=O)=O. The lowest BCUT2D eigenvalue weighted by atomic mass is 10.2. The highest BCUT2D eigenvalue weighted by molar-refractivity contribution is 7.88. The Morgan fingerprint density at radius 3 is 2.32 bits per heavy atom. The Labute approximate surface area is 117 Å². The number of carbonyl (C=O) groups is 1. The maximum Gasteiger partial charge on any atom is 0.235 e. The van der Waals surface area contributed by atoms with Crippen LogP contribution in [0.3, 0.4) is 0 Å². The van der Waals surface area contributed by atoms with Gasteiger partial charge in [-0.25, -0.2) is 8.42 Å². The highest BCUT2D eigenvalue weighted by Crippen LogP contribution is 2.08. The van der Waals surface area contributed by atoms with Gasteiger partial charge < -0.3 is 10.2 Å². The Morgan fingerprint density at radius 1 is 1.32 bits per heavy atom. The highest BCUT2D eigenvalue weighted by Gasteiger charge is 2.24. The molecule has 0 saturated heterocycles. The van der Waals surface area contributed by atoms with E-state index >= 15 is 0 Å². The molecule has 1 unspecified atom stereocenters. The van der Waals surface area contributed by atoms with E-state index in [9.17, 15) is 13.2 Å². The molecule has 0 saturated carbocycles. The van der Waals surface area contributed by atoms with Gasteiger partial charge in [0.1, 0.15) is 0 Å². The van der Waals surface area contributed by atoms with Crippen molar-refractivity contribution in [3.05, 3.63) is 0 Å². The molecule has 6 nitrogen and oxygen atoms in total. The lowest BCUT2D eigenvalue weighted by molar-refractivity contribution is -0.121. The lowest BCUT2D eigenvalue weighted by Crippen LogP contribution is -2.44. The molecule has 1 N–H and O–H groups in total. The summed E-state index contributed by atoms with van der Waals surface area (Å²) in [5.41, 5.74) is 0. The van der Waals surface area contributed by atoms with Crippen molar-refractivity contribution in [1.82, 2.24) is 14.5 Å². The molecule has 0 aliphatic carbocycles. The van der Waals surface area contributed by atoms with Gasteiger partial charge in [0.15, 0.2) is 0 Å². The van der Waals surface area contributed by atoms with E-state index in [2.05, 4.69) is 5.32 Å². The fourth-order valence-electron chi connectivity index (χ4n) is 1.62. The highest BCUT2D eigenvalue weighted by atomic mass is 32.2. The second-order valence-electron chi connectivity index (χ2n) is 5.07. The van der Waals surface area contributed by atoms with Crippen LogP contribution < -0.4 is 5.32 Å². The third-order valence-corrected chi connectivity index (χ3v) is 4.25. The molecule has 1 atom stereocenters. The smallest absolute Gasteiger partial charge is 0.235 e. The Morgan fingerprint density at radius 2 is 1.89 bits per heavy atom. The number of hydrogen-bond donors (Lipinski definition) is 1. The van der Waals surface area contributed by atoms with Gasteiger partial charge in [0.25, 0.3) is 0 Å². The molecule has 114 valence electrons. The van der Waals surface area contributed by atoms with Crippen molar-refractivity contribution in [2.24, 2.45) is 0 Å². The summed E-state index contributed by atoms with van der Waals surface area (Å²) in [6, 6.07) is -0.164. The largest absolute Gasteiger partial charge is 0.355 e. The quantitative estimate of drug-likeness (QED) is 0.613. The summed E-state index contributed by atoms with van der Waals surface area (Å²) in [6.07, 6.45) is 2.67. The zero-order valence-corrected chi connectivity index (χ0v) is 13.5. The maximum atomic E-state index is 11.7. The van der Waals surface area contributed by atoms with Crippen LogP contribution in [0.5, 0.6) is 0 Å². The standard InChI is InChI=1S/C12H27N3O3S/c1-6-11(2)15(19(5,17)18)10-12(16)13-8-7-9-14(3)4/h11H,6-10H2,1-5H3,(H,13,16). The minimum absolute atomic E-state index is 0.101. The summed E-state index contributed by atoms with van der Waals surface area (Å²) in [7, 11) is 0.586. The lowest BCUT2D eigenvalue weighted by Gasteiger charge is -2.25. The summed E-state index contributed by atoms with van der Waals surface area (Å²) in [6.45, 7) is 5.06. The first-order valence-corrected chi connectivity index (χ1v) is 8.41. The van der Waals surface area contributed by atoms with Crippen LogP contribution in [0.2, 0.25) is 0 Å². The van der Waals surface area contributed by atoms with E-state index in [-0.39, 0.29) is 18.5 Å². The van der Waals surface area contributed by atoms with Gasteiger partial charge in [-0.2, -0.15) is 4.31 Å². The third kappa shape index (κ3) is 8.18. The fourth-order valence-corrected chi connectivity index (χ4v) is 2.78. The minimum atomic E-state index is -3.35. The van der Waals surface area contributed by atoms with E-state index in [1.54, 1.807) is 6.92 Å². The van der Waals surface area contributed by atoms with Crippen LogP contribution in [0.15, 0.2) is 0 Å². The molecule has 1 amide bonds. The number of hydrogen-bond acceptors (Lipinski definition) is 4. The van der Waals surface area contributed by atoms with Crippen molar-refractivity contribution in [3.8, 4) is 0 Å². The Hall–Kier alpha value is -0.660. The summed E-state index contributed by atoms with van der Waals surface area (Å²) < 4.78 is 24.5. The maximum absolute atomic E-state index is 11.7. The molecule has 0 rings (SSSR count). The molecule has 0 fully saturated rings. The monoisotopic (exact) mass is 293 g/mol. The molecule has 0 heterocycles. The number of nitrogens with zero attached hydrogens (tertiary/aromatic N) is 2. The van der Waals surface area contributed by atoms with Gasteiger partial charge in [0.2, 0.25) is 15.9 Å². The first kappa shape index (κ1) is 18.3. The molecule has 0 bridgehead atoms. The molecule has 0 radical (unpaired) electrons. The van der Waals surface area contributed by atoms with Crippen LogP contribution in [-0.2, 0) is 14.8 Å². The van der Waals surface area contributed by atoms with Gasteiger partial charge in [-0.15, -0.1) is 0 Å². The number of amides is 1. The van der Waals surface area contributed by atoms with Gasteiger partial charge in [-0.05, 0) is 40.4 Å². The molecule has 7 heteroatoms. The number of carbonyl (C=O) groups excluding carboxylic acids is 1. The van der Waals surface area contributed by atoms with Crippen LogP contribution in [0.25, 0.3) is 0 Å². The summed E-state index contributed by atoms with van der Waals surface area (Å²) in [5.74, 6) is -0.246. The summed E-state index contributed by atoms with van der Waals surface area (Å²) >= 11 is 0. The zero-order valence-electron chi connectivity index (χ0n) is 12.6. The summed E-state index contributed by atoms with van der Waals surface area (Å²) in [4.78, 5) is 13.8. The van der Waals surface area contributed by atoms with Crippen LogP contribution >= 0.6 is 0 Å². The molecule has 0 aromatic carbocycles. The van der Waals surface area contributed by atoms with Crippen molar-refractivity contribution in [1.29, 1.82) is 0 Å². The van der Waals surface area contributed by atoms with E-state index in [0.717, 1.165) is 19.2 Å². The van der Waals surface area contributed by atoms with Crippen molar-refractivity contribution in [2.45, 2.75) is 32.7 Å². The zero-order chi connectivity index (χ0) is 15.1.